The molecule has 1 aromatic carbocycles. The predicted molar refractivity (Wildman–Crippen MR) is 85.5 cm³/mol. The molecule has 0 atom stereocenters. The van der Waals surface area contributed by atoms with Gasteiger partial charge in [0.15, 0.2) is 11.6 Å². The third kappa shape index (κ3) is 2.32. The van der Waals surface area contributed by atoms with E-state index in [0.29, 0.717) is 11.5 Å². The van der Waals surface area contributed by atoms with Crippen molar-refractivity contribution >= 4 is 0 Å². The van der Waals surface area contributed by atoms with Crippen molar-refractivity contribution in [2.45, 2.75) is 18.9 Å². The highest BCUT2D eigenvalue weighted by molar-refractivity contribution is 5.50. The minimum Gasteiger partial charge on any atom is -0.491 e. The summed E-state index contributed by atoms with van der Waals surface area (Å²) in [5, 5.41) is 4.38. The molecule has 2 aromatic heterocycles. The first-order chi connectivity index (χ1) is 11.3. The summed E-state index contributed by atoms with van der Waals surface area (Å²) in [4.78, 5) is 19.4. The molecule has 0 bridgehead atoms. The molecule has 116 valence electrons. The van der Waals surface area contributed by atoms with Crippen molar-refractivity contribution in [2.24, 2.45) is 0 Å². The lowest BCUT2D eigenvalue weighted by atomic mass is 10.1. The molecule has 0 amide bonds. The lowest BCUT2D eigenvalue weighted by molar-refractivity contribution is 0.409. The highest BCUT2D eigenvalue weighted by atomic mass is 16.5. The summed E-state index contributed by atoms with van der Waals surface area (Å²) in [5.74, 6) is 0.954. The Hall–Kier alpha value is -2.89. The van der Waals surface area contributed by atoms with Gasteiger partial charge < -0.3 is 9.72 Å². The van der Waals surface area contributed by atoms with Crippen molar-refractivity contribution < 1.29 is 4.74 Å². The second-order valence-corrected chi connectivity index (χ2v) is 5.64. The summed E-state index contributed by atoms with van der Waals surface area (Å²) in [5.41, 5.74) is 3.17. The Bertz CT molecular complexity index is 888. The van der Waals surface area contributed by atoms with Crippen LogP contribution >= 0.6 is 0 Å². The zero-order chi connectivity index (χ0) is 15.8. The van der Waals surface area contributed by atoms with Crippen molar-refractivity contribution in [3.8, 4) is 17.3 Å². The van der Waals surface area contributed by atoms with Gasteiger partial charge in [-0.2, -0.15) is 5.10 Å². The predicted octanol–water partition coefficient (Wildman–Crippen LogP) is 1.98. The fourth-order valence-corrected chi connectivity index (χ4v) is 3.17. The molecule has 4 rings (SSSR count). The van der Waals surface area contributed by atoms with Gasteiger partial charge in [-0.05, 0) is 24.0 Å². The van der Waals surface area contributed by atoms with Crippen LogP contribution in [0.25, 0.3) is 11.5 Å². The number of nitrogens with zero attached hydrogens (tertiary/aromatic N) is 3. The maximum absolute atomic E-state index is 12.0. The van der Waals surface area contributed by atoms with Crippen LogP contribution in [0.5, 0.6) is 5.75 Å². The number of fused-ring (bicyclic) bond motifs is 1. The quantitative estimate of drug-likeness (QED) is 0.803. The van der Waals surface area contributed by atoms with E-state index in [9.17, 15) is 4.79 Å². The van der Waals surface area contributed by atoms with Gasteiger partial charge in [0.1, 0.15) is 6.33 Å². The molecule has 0 unspecified atom stereocenters. The number of ether oxygens (including phenoxy) is 1. The molecule has 2 heterocycles. The van der Waals surface area contributed by atoms with E-state index in [2.05, 4.69) is 39.3 Å². The topological polar surface area (TPSA) is 72.8 Å². The molecule has 23 heavy (non-hydrogen) atoms. The second kappa shape index (κ2) is 5.39. The maximum atomic E-state index is 12.0. The van der Waals surface area contributed by atoms with Crippen molar-refractivity contribution in [3.05, 3.63) is 64.2 Å². The summed E-state index contributed by atoms with van der Waals surface area (Å²) < 4.78 is 6.90. The van der Waals surface area contributed by atoms with Gasteiger partial charge in [-0.25, -0.2) is 9.67 Å². The van der Waals surface area contributed by atoms with Gasteiger partial charge in [0.2, 0.25) is 5.43 Å². The number of pyridine rings is 1. The monoisotopic (exact) mass is 308 g/mol. The Morgan fingerprint density at radius 2 is 2.00 bits per heavy atom. The molecular formula is C17H16N4O2. The average molecular weight is 308 g/mol. The van der Waals surface area contributed by atoms with Gasteiger partial charge in [-0.3, -0.25) is 4.79 Å². The smallest absolute Gasteiger partial charge is 0.224 e. The van der Waals surface area contributed by atoms with Crippen LogP contribution in [0, 0.1) is 0 Å². The third-order valence-corrected chi connectivity index (χ3v) is 4.29. The largest absolute Gasteiger partial charge is 0.491 e. The zero-order valence-corrected chi connectivity index (χ0v) is 12.7. The molecule has 1 aliphatic rings. The molecule has 3 aromatic rings. The van der Waals surface area contributed by atoms with Gasteiger partial charge >= 0.3 is 0 Å². The number of nitrogens with one attached hydrogen (secondary N) is 1. The normalized spacial score (nSPS) is 14.0. The Balaban J connectivity index is 1.70. The molecular weight excluding hydrogens is 292 g/mol. The zero-order valence-electron chi connectivity index (χ0n) is 12.7. The molecule has 1 aliphatic carbocycles. The molecule has 0 saturated heterocycles. The third-order valence-electron chi connectivity index (χ3n) is 4.29. The van der Waals surface area contributed by atoms with Gasteiger partial charge in [0.25, 0.3) is 0 Å². The Morgan fingerprint density at radius 1 is 1.26 bits per heavy atom. The number of hydrogen-bond donors (Lipinski definition) is 1. The summed E-state index contributed by atoms with van der Waals surface area (Å²) in [7, 11) is 1.47. The van der Waals surface area contributed by atoms with E-state index in [1.165, 1.54) is 30.6 Å². The Morgan fingerprint density at radius 3 is 2.65 bits per heavy atom. The molecule has 0 spiro atoms. The fourth-order valence-electron chi connectivity index (χ4n) is 3.17. The number of methoxy groups -OCH3 is 1. The minimum absolute atomic E-state index is 0.175. The van der Waals surface area contributed by atoms with Gasteiger partial charge in [-0.1, -0.05) is 24.3 Å². The highest BCUT2D eigenvalue weighted by Gasteiger charge is 2.25. The summed E-state index contributed by atoms with van der Waals surface area (Å²) in [6.45, 7) is 0. The van der Waals surface area contributed by atoms with Crippen molar-refractivity contribution in [3.63, 3.8) is 0 Å². The van der Waals surface area contributed by atoms with Gasteiger partial charge in [-0.15, -0.1) is 0 Å². The number of aromatic nitrogens is 4. The molecule has 1 N–H and O–H groups in total. The molecule has 0 fully saturated rings. The number of aromatic amines is 1. The standard InChI is InChI=1S/C17H16N4O2/c1-23-16-9-18-14(8-15(16)22)17-19-10-20-21(17)13-6-11-4-2-3-5-12(11)7-13/h2-5,8-10,13H,6-7H2,1H3,(H,18,22). The first-order valence-corrected chi connectivity index (χ1v) is 7.49. The van der Waals surface area contributed by atoms with Crippen molar-refractivity contribution in [2.75, 3.05) is 7.11 Å². The summed E-state index contributed by atoms with van der Waals surface area (Å²) in [6, 6.07) is 10.1. The van der Waals surface area contributed by atoms with Crippen LogP contribution in [0.15, 0.2) is 47.7 Å². The van der Waals surface area contributed by atoms with Crippen molar-refractivity contribution in [1.29, 1.82) is 0 Å². The molecule has 6 heteroatoms. The van der Waals surface area contributed by atoms with Crippen LogP contribution in [0.2, 0.25) is 0 Å². The first kappa shape index (κ1) is 13.8. The first-order valence-electron chi connectivity index (χ1n) is 7.49. The summed E-state index contributed by atoms with van der Waals surface area (Å²) in [6.07, 6.45) is 4.93. The van der Waals surface area contributed by atoms with E-state index in [4.69, 9.17) is 4.74 Å². The van der Waals surface area contributed by atoms with E-state index < -0.39 is 0 Å². The van der Waals surface area contributed by atoms with Crippen LogP contribution < -0.4 is 10.2 Å². The van der Waals surface area contributed by atoms with Gasteiger partial charge in [0.05, 0.1) is 18.8 Å². The van der Waals surface area contributed by atoms with Crippen LogP contribution in [0.1, 0.15) is 17.2 Å². The fraction of sp³-hybridized carbons (Fsp3) is 0.235. The number of H-pyrrole nitrogens is 1. The van der Waals surface area contributed by atoms with E-state index in [1.54, 1.807) is 6.20 Å². The number of rotatable bonds is 3. The average Bonchev–Trinajstić information content (AvgIpc) is 3.21. The Labute approximate surface area is 132 Å². The molecule has 0 radical (unpaired) electrons. The summed E-state index contributed by atoms with van der Waals surface area (Å²) >= 11 is 0. The number of hydrogen-bond acceptors (Lipinski definition) is 4. The van der Waals surface area contributed by atoms with Crippen LogP contribution in [0.3, 0.4) is 0 Å². The Kier molecular flexibility index (Phi) is 3.22. The molecule has 6 nitrogen and oxygen atoms in total. The SMILES string of the molecule is COc1c[nH]c(-c2ncnn2C2Cc3ccccc3C2)cc1=O. The molecule has 0 saturated carbocycles. The maximum Gasteiger partial charge on any atom is 0.224 e. The lowest BCUT2D eigenvalue weighted by Gasteiger charge is -2.13. The molecule has 0 aliphatic heterocycles. The van der Waals surface area contributed by atoms with Crippen LogP contribution in [-0.4, -0.2) is 26.9 Å². The van der Waals surface area contributed by atoms with Crippen LogP contribution in [-0.2, 0) is 12.8 Å². The van der Waals surface area contributed by atoms with Gasteiger partial charge in [0, 0.05) is 12.3 Å². The second-order valence-electron chi connectivity index (χ2n) is 5.64. The van der Waals surface area contributed by atoms with E-state index in [0.717, 1.165) is 12.8 Å². The van der Waals surface area contributed by atoms with E-state index in [1.807, 2.05) is 4.68 Å². The highest BCUT2D eigenvalue weighted by Crippen LogP contribution is 2.31. The van der Waals surface area contributed by atoms with Crippen LogP contribution in [0.4, 0.5) is 0 Å². The minimum atomic E-state index is -0.175. The lowest BCUT2D eigenvalue weighted by Crippen LogP contribution is -2.14. The van der Waals surface area contributed by atoms with Crippen molar-refractivity contribution in [1.82, 2.24) is 19.7 Å². The van der Waals surface area contributed by atoms with E-state index in [-0.39, 0.29) is 17.2 Å². The number of benzene rings is 1. The van der Waals surface area contributed by atoms with E-state index >= 15 is 0 Å².